The van der Waals surface area contributed by atoms with E-state index >= 15 is 0 Å². The van der Waals surface area contributed by atoms with Crippen LogP contribution in [0.5, 0.6) is 5.75 Å². The highest BCUT2D eigenvalue weighted by atomic mass is 16.5. The lowest BCUT2D eigenvalue weighted by Gasteiger charge is -2.52. The maximum absolute atomic E-state index is 11.2. The molecule has 3 aliphatic rings. The number of aliphatic hydroxyl groups is 1. The minimum atomic E-state index is -1.01. The van der Waals surface area contributed by atoms with Gasteiger partial charge in [-0.15, -0.1) is 0 Å². The Bertz CT molecular complexity index is 758. The number of fused-ring (bicyclic) bond motifs is 5. The third-order valence-corrected chi connectivity index (χ3v) is 7.42. The molecule has 2 fully saturated rings. The summed E-state index contributed by atoms with van der Waals surface area (Å²) < 4.78 is 5.39. The van der Waals surface area contributed by atoms with Crippen molar-refractivity contribution in [1.82, 2.24) is 0 Å². The van der Waals surface area contributed by atoms with E-state index in [4.69, 9.17) is 4.74 Å². The molecule has 4 rings (SSSR count). The van der Waals surface area contributed by atoms with E-state index in [1.54, 1.807) is 7.11 Å². The van der Waals surface area contributed by atoms with Gasteiger partial charge in [-0.1, -0.05) is 18.9 Å². The smallest absolute Gasteiger partial charge is 0.192 e. The van der Waals surface area contributed by atoms with Gasteiger partial charge in [0, 0.05) is 5.41 Å². The normalized spacial score (nSPS) is 38.6. The molecule has 1 N–H and O–H groups in total. The Morgan fingerprint density at radius 1 is 1.28 bits per heavy atom. The first kappa shape index (κ1) is 16.7. The Morgan fingerprint density at radius 2 is 2.12 bits per heavy atom. The van der Waals surface area contributed by atoms with E-state index in [9.17, 15) is 9.90 Å². The molecule has 3 nitrogen and oxygen atoms in total. The summed E-state index contributed by atoms with van der Waals surface area (Å²) in [5, 5.41) is 11.2. The molecule has 0 bridgehead atoms. The fourth-order valence-corrected chi connectivity index (χ4v) is 6.06. The molecule has 25 heavy (non-hydrogen) atoms. The van der Waals surface area contributed by atoms with Crippen molar-refractivity contribution in [3.05, 3.63) is 29.3 Å². The second-order valence-electron chi connectivity index (χ2n) is 8.22. The number of aldehydes is 1. The quantitative estimate of drug-likeness (QED) is 0.630. The van der Waals surface area contributed by atoms with Crippen LogP contribution in [0.1, 0.15) is 56.1 Å². The van der Waals surface area contributed by atoms with E-state index in [0.29, 0.717) is 30.5 Å². The molecule has 1 aromatic carbocycles. The Hall–Kier alpha value is -1.79. The number of hydrogen-bond donors (Lipinski definition) is 1. The molecule has 1 aromatic rings. The van der Waals surface area contributed by atoms with Gasteiger partial charge in [-0.2, -0.15) is 0 Å². The number of benzene rings is 1. The van der Waals surface area contributed by atoms with Gasteiger partial charge in [0.2, 0.25) is 0 Å². The number of ether oxygens (including phenoxy) is 1. The molecule has 5 atom stereocenters. The van der Waals surface area contributed by atoms with Crippen LogP contribution >= 0.6 is 0 Å². The van der Waals surface area contributed by atoms with Crippen LogP contribution in [0.4, 0.5) is 0 Å². The fraction of sp³-hybridized carbons (Fsp3) is 0.591. The van der Waals surface area contributed by atoms with Gasteiger partial charge in [0.15, 0.2) is 6.29 Å². The van der Waals surface area contributed by atoms with Crippen molar-refractivity contribution in [2.24, 2.45) is 17.3 Å². The molecule has 0 spiro atoms. The molecule has 0 aliphatic heterocycles. The molecule has 0 heterocycles. The van der Waals surface area contributed by atoms with Crippen LogP contribution in [0, 0.1) is 29.1 Å². The van der Waals surface area contributed by atoms with Crippen molar-refractivity contribution in [3.63, 3.8) is 0 Å². The summed E-state index contributed by atoms with van der Waals surface area (Å²) in [6, 6.07) is 6.52. The van der Waals surface area contributed by atoms with Gasteiger partial charge in [0.05, 0.1) is 7.11 Å². The molecule has 0 unspecified atom stereocenters. The van der Waals surface area contributed by atoms with Gasteiger partial charge in [-0.25, -0.2) is 0 Å². The highest BCUT2D eigenvalue weighted by Crippen LogP contribution is 2.64. The third-order valence-electron chi connectivity index (χ3n) is 7.42. The summed E-state index contributed by atoms with van der Waals surface area (Å²) in [5.74, 6) is 8.00. The number of carbonyl (C=O) groups excluding carboxylic acids is 1. The van der Waals surface area contributed by atoms with E-state index < -0.39 is 5.60 Å². The van der Waals surface area contributed by atoms with E-state index in [1.807, 2.05) is 0 Å². The summed E-state index contributed by atoms with van der Waals surface area (Å²) in [4.78, 5) is 10.7. The zero-order valence-electron chi connectivity index (χ0n) is 15.0. The van der Waals surface area contributed by atoms with Gasteiger partial charge in [0.25, 0.3) is 0 Å². The second-order valence-corrected chi connectivity index (χ2v) is 8.22. The van der Waals surface area contributed by atoms with Crippen molar-refractivity contribution in [2.75, 3.05) is 7.11 Å². The summed E-state index contributed by atoms with van der Waals surface area (Å²) in [6.07, 6.45) is 6.60. The van der Waals surface area contributed by atoms with Crippen LogP contribution in [0.2, 0.25) is 0 Å². The summed E-state index contributed by atoms with van der Waals surface area (Å²) in [7, 11) is 1.72. The first-order valence-electron chi connectivity index (χ1n) is 9.38. The standard InChI is InChI=1S/C22H26O3/c1-21-11-8-18-17-7-5-16(25-2)14-15(17)4-6-19(18)20(21)9-12-22(21,24)10-3-13-23/h5,7,13-14,18-20,24H,4,6,8-9,11-12H2,1-2H3/t18-,19-,20+,21+,22+/m1/s1. The first-order valence-corrected chi connectivity index (χ1v) is 9.38. The first-order chi connectivity index (χ1) is 12.0. The minimum absolute atomic E-state index is 0.200. The van der Waals surface area contributed by atoms with Crippen molar-refractivity contribution >= 4 is 6.29 Å². The molecule has 3 heteroatoms. The fourth-order valence-electron chi connectivity index (χ4n) is 6.06. The van der Waals surface area contributed by atoms with E-state index in [-0.39, 0.29) is 5.41 Å². The van der Waals surface area contributed by atoms with Crippen LogP contribution < -0.4 is 4.74 Å². The maximum atomic E-state index is 11.2. The molecule has 0 amide bonds. The van der Waals surface area contributed by atoms with Crippen LogP contribution in [-0.2, 0) is 11.2 Å². The van der Waals surface area contributed by atoms with Gasteiger partial charge in [-0.3, -0.25) is 4.79 Å². The van der Waals surface area contributed by atoms with E-state index in [0.717, 1.165) is 31.4 Å². The van der Waals surface area contributed by atoms with Crippen LogP contribution in [0.25, 0.3) is 0 Å². The van der Waals surface area contributed by atoms with Crippen molar-refractivity contribution in [2.45, 2.75) is 57.0 Å². The minimum Gasteiger partial charge on any atom is -0.497 e. The lowest BCUT2D eigenvalue weighted by molar-refractivity contribution is -0.103. The van der Waals surface area contributed by atoms with Crippen LogP contribution in [0.15, 0.2) is 18.2 Å². The third kappa shape index (κ3) is 2.34. The topological polar surface area (TPSA) is 46.5 Å². The molecule has 3 aliphatic carbocycles. The number of rotatable bonds is 1. The lowest BCUT2D eigenvalue weighted by Crippen LogP contribution is -2.50. The molecule has 0 aromatic heterocycles. The highest BCUT2D eigenvalue weighted by Gasteiger charge is 2.61. The van der Waals surface area contributed by atoms with Crippen molar-refractivity contribution < 1.29 is 14.6 Å². The Morgan fingerprint density at radius 3 is 2.88 bits per heavy atom. The monoisotopic (exact) mass is 338 g/mol. The Balaban J connectivity index is 1.67. The molecule has 0 saturated heterocycles. The van der Waals surface area contributed by atoms with Crippen LogP contribution in [-0.4, -0.2) is 24.1 Å². The molecule has 0 radical (unpaired) electrons. The average molecular weight is 338 g/mol. The molecular formula is C22H26O3. The van der Waals surface area contributed by atoms with E-state index in [2.05, 4.69) is 37.0 Å². The van der Waals surface area contributed by atoms with Gasteiger partial charge in [-0.05, 0) is 85.5 Å². The number of aryl methyl sites for hydroxylation is 1. The SMILES string of the molecule is COc1ccc2c(c1)CC[C@@H]1[C@@H]2CC[C@@]2(C)[C@H]1CC[C@@]2(O)C#CC=O. The maximum Gasteiger partial charge on any atom is 0.192 e. The number of hydrogen-bond acceptors (Lipinski definition) is 3. The van der Waals surface area contributed by atoms with Crippen LogP contribution in [0.3, 0.4) is 0 Å². The Kier molecular flexibility index (Phi) is 3.92. The van der Waals surface area contributed by atoms with Crippen molar-refractivity contribution in [1.29, 1.82) is 0 Å². The Labute approximate surface area is 149 Å². The predicted molar refractivity (Wildman–Crippen MR) is 96.4 cm³/mol. The number of carbonyl (C=O) groups is 1. The highest BCUT2D eigenvalue weighted by molar-refractivity contribution is 5.73. The zero-order valence-corrected chi connectivity index (χ0v) is 15.0. The summed E-state index contributed by atoms with van der Waals surface area (Å²) >= 11 is 0. The zero-order chi connectivity index (χ0) is 17.7. The van der Waals surface area contributed by atoms with Crippen molar-refractivity contribution in [3.8, 4) is 17.6 Å². The van der Waals surface area contributed by atoms with Gasteiger partial charge >= 0.3 is 0 Å². The largest absolute Gasteiger partial charge is 0.497 e. The average Bonchev–Trinajstić information content (AvgIpc) is 2.91. The second kappa shape index (κ2) is 5.88. The molecule has 132 valence electrons. The van der Waals surface area contributed by atoms with E-state index in [1.165, 1.54) is 17.5 Å². The van der Waals surface area contributed by atoms with Gasteiger partial charge in [0.1, 0.15) is 11.4 Å². The predicted octanol–water partition coefficient (Wildman–Crippen LogP) is 3.48. The lowest BCUT2D eigenvalue weighted by atomic mass is 9.53. The molecular weight excluding hydrogens is 312 g/mol. The number of methoxy groups -OCH3 is 1. The van der Waals surface area contributed by atoms with Gasteiger partial charge < -0.3 is 9.84 Å². The summed E-state index contributed by atoms with van der Waals surface area (Å²) in [5.41, 5.74) is 1.70. The molecule has 2 saturated carbocycles. The summed E-state index contributed by atoms with van der Waals surface area (Å²) in [6.45, 7) is 2.20.